The van der Waals surface area contributed by atoms with Gasteiger partial charge in [0.05, 0.1) is 11.7 Å². The van der Waals surface area contributed by atoms with Gasteiger partial charge in [0.15, 0.2) is 0 Å². The topological polar surface area (TPSA) is 46.5 Å². The number of carbonyl (C=O) groups is 1. The summed E-state index contributed by atoms with van der Waals surface area (Å²) >= 11 is 0. The Morgan fingerprint density at radius 1 is 1.15 bits per heavy atom. The molecule has 0 saturated carbocycles. The van der Waals surface area contributed by atoms with Crippen LogP contribution in [0.3, 0.4) is 0 Å². The standard InChI is InChI=1S/C17H26O3/c1-4-9-15(18)13(3)16(10-5-2)20-17(19)14-11-7-6-8-12-14/h6-8,11-13,15-16,18H,4-5,9-10H2,1-3H3. The minimum absolute atomic E-state index is 0.0393. The first-order valence-corrected chi connectivity index (χ1v) is 7.54. The fraction of sp³-hybridized carbons (Fsp3) is 0.588. The summed E-state index contributed by atoms with van der Waals surface area (Å²) in [5.41, 5.74) is 0.561. The third kappa shape index (κ3) is 4.97. The molecule has 0 radical (unpaired) electrons. The van der Waals surface area contributed by atoms with Gasteiger partial charge in [-0.25, -0.2) is 4.79 Å². The van der Waals surface area contributed by atoms with Crippen LogP contribution in [-0.4, -0.2) is 23.3 Å². The predicted octanol–water partition coefficient (Wildman–Crippen LogP) is 3.81. The lowest BCUT2D eigenvalue weighted by Crippen LogP contribution is -2.33. The number of benzene rings is 1. The largest absolute Gasteiger partial charge is 0.458 e. The summed E-state index contributed by atoms with van der Waals surface area (Å²) in [5, 5.41) is 10.1. The van der Waals surface area contributed by atoms with Crippen LogP contribution in [0, 0.1) is 5.92 Å². The fourth-order valence-corrected chi connectivity index (χ4v) is 2.30. The summed E-state index contributed by atoms with van der Waals surface area (Å²) in [7, 11) is 0. The van der Waals surface area contributed by atoms with E-state index in [0.29, 0.717) is 5.56 Å². The van der Waals surface area contributed by atoms with E-state index in [-0.39, 0.29) is 18.0 Å². The van der Waals surface area contributed by atoms with Crippen LogP contribution in [0.2, 0.25) is 0 Å². The first-order chi connectivity index (χ1) is 9.60. The molecule has 0 saturated heterocycles. The van der Waals surface area contributed by atoms with Gasteiger partial charge in [-0.15, -0.1) is 0 Å². The first-order valence-electron chi connectivity index (χ1n) is 7.54. The van der Waals surface area contributed by atoms with Gasteiger partial charge >= 0.3 is 5.97 Å². The van der Waals surface area contributed by atoms with Gasteiger partial charge in [0.25, 0.3) is 0 Å². The van der Waals surface area contributed by atoms with Crippen molar-refractivity contribution in [3.63, 3.8) is 0 Å². The van der Waals surface area contributed by atoms with Crippen molar-refractivity contribution in [3.8, 4) is 0 Å². The van der Waals surface area contributed by atoms with E-state index < -0.39 is 6.10 Å². The summed E-state index contributed by atoms with van der Waals surface area (Å²) in [6, 6.07) is 9.01. The van der Waals surface area contributed by atoms with Crippen molar-refractivity contribution in [2.75, 3.05) is 0 Å². The molecular weight excluding hydrogens is 252 g/mol. The average Bonchev–Trinajstić information content (AvgIpc) is 2.47. The second kappa shape index (κ2) is 8.75. The molecule has 0 bridgehead atoms. The number of esters is 1. The predicted molar refractivity (Wildman–Crippen MR) is 80.6 cm³/mol. The van der Waals surface area contributed by atoms with Crippen molar-refractivity contribution in [1.82, 2.24) is 0 Å². The lowest BCUT2D eigenvalue weighted by atomic mass is 9.92. The average molecular weight is 278 g/mol. The summed E-state index contributed by atoms with van der Waals surface area (Å²) in [6.45, 7) is 6.06. The highest BCUT2D eigenvalue weighted by atomic mass is 16.5. The van der Waals surface area contributed by atoms with Crippen molar-refractivity contribution < 1.29 is 14.6 Å². The van der Waals surface area contributed by atoms with Gasteiger partial charge in [-0.1, -0.05) is 51.8 Å². The lowest BCUT2D eigenvalue weighted by Gasteiger charge is -2.27. The number of aliphatic hydroxyl groups is 1. The van der Waals surface area contributed by atoms with Gasteiger partial charge < -0.3 is 9.84 Å². The molecule has 0 aliphatic carbocycles. The molecule has 20 heavy (non-hydrogen) atoms. The Morgan fingerprint density at radius 2 is 1.75 bits per heavy atom. The van der Waals surface area contributed by atoms with Gasteiger partial charge in [0.2, 0.25) is 0 Å². The molecule has 0 aliphatic rings. The van der Waals surface area contributed by atoms with Crippen LogP contribution in [0.1, 0.15) is 56.8 Å². The molecule has 3 nitrogen and oxygen atoms in total. The number of carbonyl (C=O) groups excluding carboxylic acids is 1. The van der Waals surface area contributed by atoms with E-state index in [4.69, 9.17) is 4.74 Å². The summed E-state index contributed by atoms with van der Waals surface area (Å²) < 4.78 is 5.61. The molecule has 3 unspecified atom stereocenters. The Kier molecular flexibility index (Phi) is 7.31. The smallest absolute Gasteiger partial charge is 0.338 e. The van der Waals surface area contributed by atoms with Crippen LogP contribution in [0.4, 0.5) is 0 Å². The first kappa shape index (κ1) is 16.7. The normalized spacial score (nSPS) is 15.4. The van der Waals surface area contributed by atoms with Crippen molar-refractivity contribution >= 4 is 5.97 Å². The highest BCUT2D eigenvalue weighted by Crippen LogP contribution is 2.21. The van der Waals surface area contributed by atoms with Crippen molar-refractivity contribution in [3.05, 3.63) is 35.9 Å². The van der Waals surface area contributed by atoms with E-state index in [1.807, 2.05) is 32.0 Å². The number of ether oxygens (including phenoxy) is 1. The maximum Gasteiger partial charge on any atom is 0.338 e. The van der Waals surface area contributed by atoms with Crippen LogP contribution in [0.5, 0.6) is 0 Å². The monoisotopic (exact) mass is 278 g/mol. The molecule has 1 N–H and O–H groups in total. The second-order valence-corrected chi connectivity index (χ2v) is 5.31. The molecule has 1 aromatic carbocycles. The van der Waals surface area contributed by atoms with Gasteiger partial charge in [0, 0.05) is 5.92 Å². The molecular formula is C17H26O3. The zero-order valence-corrected chi connectivity index (χ0v) is 12.7. The van der Waals surface area contributed by atoms with Crippen molar-refractivity contribution in [2.24, 2.45) is 5.92 Å². The van der Waals surface area contributed by atoms with E-state index in [1.54, 1.807) is 12.1 Å². The van der Waals surface area contributed by atoms with E-state index in [0.717, 1.165) is 25.7 Å². The molecule has 0 heterocycles. The summed E-state index contributed by atoms with van der Waals surface area (Å²) in [5.74, 6) is -0.345. The molecule has 1 aromatic rings. The van der Waals surface area contributed by atoms with Crippen LogP contribution in [0.15, 0.2) is 30.3 Å². The number of rotatable bonds is 8. The van der Waals surface area contributed by atoms with Crippen LogP contribution in [-0.2, 0) is 4.74 Å². The van der Waals surface area contributed by atoms with E-state index in [2.05, 4.69) is 6.92 Å². The van der Waals surface area contributed by atoms with Gasteiger partial charge in [-0.3, -0.25) is 0 Å². The zero-order chi connectivity index (χ0) is 15.0. The van der Waals surface area contributed by atoms with Crippen LogP contribution >= 0.6 is 0 Å². The second-order valence-electron chi connectivity index (χ2n) is 5.31. The Labute approximate surface area is 122 Å². The Bertz CT molecular complexity index is 388. The molecule has 112 valence electrons. The minimum Gasteiger partial charge on any atom is -0.458 e. The van der Waals surface area contributed by atoms with Gasteiger partial charge in [-0.05, 0) is 25.0 Å². The minimum atomic E-state index is -0.417. The third-order valence-corrected chi connectivity index (χ3v) is 3.62. The summed E-state index contributed by atoms with van der Waals surface area (Å²) in [6.07, 6.45) is 2.73. The quantitative estimate of drug-likeness (QED) is 0.735. The molecule has 1 rings (SSSR count). The van der Waals surface area contributed by atoms with Gasteiger partial charge in [-0.2, -0.15) is 0 Å². The third-order valence-electron chi connectivity index (χ3n) is 3.62. The lowest BCUT2D eigenvalue weighted by molar-refractivity contribution is -0.0185. The molecule has 0 fully saturated rings. The highest BCUT2D eigenvalue weighted by Gasteiger charge is 2.26. The molecule has 0 aromatic heterocycles. The van der Waals surface area contributed by atoms with Crippen molar-refractivity contribution in [1.29, 1.82) is 0 Å². The van der Waals surface area contributed by atoms with Gasteiger partial charge in [0.1, 0.15) is 6.10 Å². The molecule has 0 aliphatic heterocycles. The van der Waals surface area contributed by atoms with E-state index in [9.17, 15) is 9.90 Å². The fourth-order valence-electron chi connectivity index (χ4n) is 2.30. The maximum atomic E-state index is 12.1. The van der Waals surface area contributed by atoms with Crippen molar-refractivity contribution in [2.45, 2.75) is 58.7 Å². The zero-order valence-electron chi connectivity index (χ0n) is 12.7. The number of hydrogen-bond donors (Lipinski definition) is 1. The Balaban J connectivity index is 2.69. The highest BCUT2D eigenvalue weighted by molar-refractivity contribution is 5.89. The Morgan fingerprint density at radius 3 is 2.30 bits per heavy atom. The molecule has 3 heteroatoms. The number of hydrogen-bond acceptors (Lipinski definition) is 3. The van der Waals surface area contributed by atoms with Crippen LogP contribution in [0.25, 0.3) is 0 Å². The summed E-state index contributed by atoms with van der Waals surface area (Å²) in [4.78, 5) is 12.1. The van der Waals surface area contributed by atoms with E-state index >= 15 is 0 Å². The molecule has 3 atom stereocenters. The maximum absolute atomic E-state index is 12.1. The SMILES string of the molecule is CCCC(O)C(C)C(CCC)OC(=O)c1ccccc1. The van der Waals surface area contributed by atoms with E-state index in [1.165, 1.54) is 0 Å². The molecule has 0 amide bonds. The van der Waals surface area contributed by atoms with Crippen LogP contribution < -0.4 is 0 Å². The Hall–Kier alpha value is -1.35. The molecule has 0 spiro atoms. The number of aliphatic hydroxyl groups excluding tert-OH is 1.